The molecule has 3 heterocycles. The largest absolute Gasteiger partial charge is 0.496 e. The molecule has 1 aromatic carbocycles. The molecule has 0 radical (unpaired) electrons. The summed E-state index contributed by atoms with van der Waals surface area (Å²) in [4.78, 5) is 30.5. The number of aromatic nitrogens is 2. The molecule has 1 unspecified atom stereocenters. The molecule has 0 fully saturated rings. The van der Waals surface area contributed by atoms with Gasteiger partial charge in [0, 0.05) is 28.5 Å². The van der Waals surface area contributed by atoms with Crippen LogP contribution in [0.4, 0.5) is 0 Å². The van der Waals surface area contributed by atoms with Gasteiger partial charge in [0.2, 0.25) is 0 Å². The van der Waals surface area contributed by atoms with Gasteiger partial charge in [0.1, 0.15) is 11.4 Å². The second kappa shape index (κ2) is 5.75. The number of fused-ring (bicyclic) bond motifs is 5. The van der Waals surface area contributed by atoms with E-state index in [0.717, 1.165) is 16.5 Å². The van der Waals surface area contributed by atoms with E-state index in [1.807, 2.05) is 24.3 Å². The molecule has 6 heteroatoms. The summed E-state index contributed by atoms with van der Waals surface area (Å²) in [6.07, 6.45) is 0.784. The van der Waals surface area contributed by atoms with Crippen molar-refractivity contribution in [1.29, 1.82) is 0 Å². The molecule has 2 aromatic heterocycles. The molecule has 0 bridgehead atoms. The maximum Gasteiger partial charge on any atom is 0.254 e. The fraction of sp³-hybridized carbons (Fsp3) is 0.318. The molecular weight excluding hydrogens is 356 g/mol. The van der Waals surface area contributed by atoms with E-state index >= 15 is 0 Å². The van der Waals surface area contributed by atoms with Crippen LogP contribution < -0.4 is 10.3 Å². The smallest absolute Gasteiger partial charge is 0.254 e. The molecule has 142 valence electrons. The number of carbonyl (C=O) groups excluding carboxylic acids is 1. The fourth-order valence-corrected chi connectivity index (χ4v) is 4.61. The van der Waals surface area contributed by atoms with Gasteiger partial charge in [-0.3, -0.25) is 9.59 Å². The standard InChI is InChI=1S/C22H20N2O4/c1-3-22(27)15-10-17-19-14(11-24(17)21(26)12(15)8-9-18(22)25)20(28-2)13-6-4-5-7-16(13)23-19/h4-7,10,27H,3,8-9,11H2,1-2H3. The van der Waals surface area contributed by atoms with Crippen LogP contribution in [0.25, 0.3) is 22.3 Å². The maximum atomic E-state index is 13.2. The molecule has 0 saturated heterocycles. The van der Waals surface area contributed by atoms with Crippen LogP contribution in [0.15, 0.2) is 35.1 Å². The lowest BCUT2D eigenvalue weighted by atomic mass is 9.77. The van der Waals surface area contributed by atoms with Crippen molar-refractivity contribution in [2.24, 2.45) is 0 Å². The maximum absolute atomic E-state index is 13.2. The summed E-state index contributed by atoms with van der Waals surface area (Å²) in [6, 6.07) is 9.48. The van der Waals surface area contributed by atoms with Gasteiger partial charge in [-0.25, -0.2) is 4.98 Å². The molecule has 0 amide bonds. The van der Waals surface area contributed by atoms with Crippen molar-refractivity contribution >= 4 is 16.7 Å². The highest BCUT2D eigenvalue weighted by molar-refractivity contribution is 5.93. The molecule has 1 atom stereocenters. The highest BCUT2D eigenvalue weighted by Gasteiger charge is 2.43. The summed E-state index contributed by atoms with van der Waals surface area (Å²) in [7, 11) is 1.62. The first-order valence-electron chi connectivity index (χ1n) is 9.48. The molecule has 6 nitrogen and oxygen atoms in total. The lowest BCUT2D eigenvalue weighted by molar-refractivity contribution is -0.140. The van der Waals surface area contributed by atoms with Crippen molar-refractivity contribution in [3.05, 3.63) is 57.4 Å². The van der Waals surface area contributed by atoms with E-state index in [2.05, 4.69) is 0 Å². The number of ketones is 1. The molecule has 28 heavy (non-hydrogen) atoms. The number of Topliss-reactive ketones (excluding diaryl/α,β-unsaturated/α-hetero) is 1. The predicted octanol–water partition coefficient (Wildman–Crippen LogP) is 2.55. The van der Waals surface area contributed by atoms with Crippen molar-refractivity contribution in [3.8, 4) is 17.1 Å². The van der Waals surface area contributed by atoms with Crippen molar-refractivity contribution in [2.45, 2.75) is 38.3 Å². The molecule has 5 rings (SSSR count). The Morgan fingerprint density at radius 1 is 1.21 bits per heavy atom. The van der Waals surface area contributed by atoms with Crippen molar-refractivity contribution in [2.75, 3.05) is 7.11 Å². The third-order valence-electron chi connectivity index (χ3n) is 6.12. The van der Waals surface area contributed by atoms with Crippen LogP contribution in [-0.2, 0) is 23.4 Å². The first-order valence-corrected chi connectivity index (χ1v) is 9.48. The number of rotatable bonds is 2. The Morgan fingerprint density at radius 3 is 2.75 bits per heavy atom. The fourth-order valence-electron chi connectivity index (χ4n) is 4.61. The molecule has 1 aliphatic heterocycles. The van der Waals surface area contributed by atoms with Crippen LogP contribution in [0.3, 0.4) is 0 Å². The third-order valence-corrected chi connectivity index (χ3v) is 6.12. The van der Waals surface area contributed by atoms with Gasteiger partial charge in [0.15, 0.2) is 5.78 Å². The lowest BCUT2D eigenvalue weighted by Gasteiger charge is -2.32. The van der Waals surface area contributed by atoms with Gasteiger partial charge in [0.25, 0.3) is 5.56 Å². The van der Waals surface area contributed by atoms with Gasteiger partial charge in [-0.15, -0.1) is 0 Å². The number of hydrogen-bond acceptors (Lipinski definition) is 5. The first kappa shape index (κ1) is 17.1. The molecule has 0 saturated carbocycles. The topological polar surface area (TPSA) is 81.4 Å². The van der Waals surface area contributed by atoms with Crippen LogP contribution in [-0.4, -0.2) is 27.6 Å². The summed E-state index contributed by atoms with van der Waals surface area (Å²) < 4.78 is 7.37. The summed E-state index contributed by atoms with van der Waals surface area (Å²) in [6.45, 7) is 2.14. The predicted molar refractivity (Wildman–Crippen MR) is 105 cm³/mol. The summed E-state index contributed by atoms with van der Waals surface area (Å²) in [5, 5.41) is 11.9. The SMILES string of the molecule is CCC1(O)C(=O)CCc2c1cc1n(c2=O)Cc2c-1nc1ccccc1c2OC. The minimum absolute atomic E-state index is 0.156. The van der Waals surface area contributed by atoms with Gasteiger partial charge in [-0.05, 0) is 31.0 Å². The summed E-state index contributed by atoms with van der Waals surface area (Å²) in [5.74, 6) is 0.484. The molecule has 1 N–H and O–H groups in total. The Hall–Kier alpha value is -2.99. The molecular formula is C22H20N2O4. The summed E-state index contributed by atoms with van der Waals surface area (Å²) in [5.41, 5.74) is 2.14. The van der Waals surface area contributed by atoms with Crippen LogP contribution in [0.5, 0.6) is 5.75 Å². The normalized spacial score (nSPS) is 20.0. The zero-order valence-electron chi connectivity index (χ0n) is 15.8. The highest BCUT2D eigenvalue weighted by Crippen LogP contribution is 2.42. The highest BCUT2D eigenvalue weighted by atomic mass is 16.5. The van der Waals surface area contributed by atoms with Gasteiger partial charge in [-0.2, -0.15) is 0 Å². The Labute approximate surface area is 161 Å². The molecule has 2 aliphatic rings. The molecule has 3 aromatic rings. The average molecular weight is 376 g/mol. The van der Waals surface area contributed by atoms with E-state index in [1.165, 1.54) is 0 Å². The van der Waals surface area contributed by atoms with Gasteiger partial charge in [-0.1, -0.05) is 19.1 Å². The van der Waals surface area contributed by atoms with Crippen molar-refractivity contribution < 1.29 is 14.6 Å². The number of ether oxygens (including phenoxy) is 1. The Morgan fingerprint density at radius 2 is 2.00 bits per heavy atom. The van der Waals surface area contributed by atoms with E-state index in [9.17, 15) is 14.7 Å². The van der Waals surface area contributed by atoms with E-state index in [-0.39, 0.29) is 24.2 Å². The van der Waals surface area contributed by atoms with Crippen LogP contribution in [0, 0.1) is 0 Å². The minimum atomic E-state index is -1.61. The Balaban J connectivity index is 1.84. The van der Waals surface area contributed by atoms with E-state index < -0.39 is 5.60 Å². The van der Waals surface area contributed by atoms with Crippen LogP contribution in [0.1, 0.15) is 36.5 Å². The van der Waals surface area contributed by atoms with E-state index in [4.69, 9.17) is 9.72 Å². The van der Waals surface area contributed by atoms with Crippen LogP contribution in [0.2, 0.25) is 0 Å². The lowest BCUT2D eigenvalue weighted by Crippen LogP contribution is -2.43. The van der Waals surface area contributed by atoms with Gasteiger partial charge >= 0.3 is 0 Å². The zero-order chi connectivity index (χ0) is 19.6. The summed E-state index contributed by atoms with van der Waals surface area (Å²) >= 11 is 0. The number of para-hydroxylation sites is 1. The monoisotopic (exact) mass is 376 g/mol. The molecule has 1 aliphatic carbocycles. The van der Waals surface area contributed by atoms with Crippen molar-refractivity contribution in [3.63, 3.8) is 0 Å². The number of carbonyl (C=O) groups is 1. The van der Waals surface area contributed by atoms with Gasteiger partial charge in [0.05, 0.1) is 30.6 Å². The number of pyridine rings is 2. The number of benzene rings is 1. The van der Waals surface area contributed by atoms with Crippen molar-refractivity contribution in [1.82, 2.24) is 9.55 Å². The number of aliphatic hydroxyl groups is 1. The Kier molecular flexibility index (Phi) is 3.52. The molecule has 0 spiro atoms. The minimum Gasteiger partial charge on any atom is -0.496 e. The average Bonchev–Trinajstić information content (AvgIpc) is 3.08. The van der Waals surface area contributed by atoms with Crippen LogP contribution >= 0.6 is 0 Å². The number of nitrogens with zero attached hydrogens (tertiary/aromatic N) is 2. The second-order valence-electron chi connectivity index (χ2n) is 7.44. The second-order valence-corrected chi connectivity index (χ2v) is 7.44. The van der Waals surface area contributed by atoms with E-state index in [1.54, 1.807) is 24.7 Å². The number of hydrogen-bond donors (Lipinski definition) is 1. The van der Waals surface area contributed by atoms with E-state index in [0.29, 0.717) is 41.2 Å². The zero-order valence-corrected chi connectivity index (χ0v) is 15.8. The quantitative estimate of drug-likeness (QED) is 0.581. The van der Waals surface area contributed by atoms with Gasteiger partial charge < -0.3 is 14.4 Å². The number of methoxy groups -OCH3 is 1. The Bertz CT molecular complexity index is 1230. The first-order chi connectivity index (χ1) is 13.5. The third kappa shape index (κ3) is 2.04.